The van der Waals surface area contributed by atoms with E-state index in [1.807, 2.05) is 25.1 Å². The van der Waals surface area contributed by atoms with Gasteiger partial charge in [0.2, 0.25) is 5.91 Å². The number of hydrogen-bond donors (Lipinski definition) is 2. The van der Waals surface area contributed by atoms with Crippen molar-refractivity contribution in [2.24, 2.45) is 0 Å². The minimum absolute atomic E-state index is 0.0353. The summed E-state index contributed by atoms with van der Waals surface area (Å²) in [5, 5.41) is 5.80. The number of nitrogens with one attached hydrogen (secondary N) is 2. The van der Waals surface area contributed by atoms with Gasteiger partial charge < -0.3 is 24.8 Å². The summed E-state index contributed by atoms with van der Waals surface area (Å²) in [6.07, 6.45) is 1.53. The van der Waals surface area contributed by atoms with Gasteiger partial charge in [0, 0.05) is 10.6 Å². The fraction of sp³-hybridized carbons (Fsp3) is 0.179. The molecule has 2 N–H and O–H groups in total. The number of carbonyl (C=O) groups is 3. The zero-order valence-corrected chi connectivity index (χ0v) is 24.0. The van der Waals surface area contributed by atoms with Crippen LogP contribution in [0.4, 0.5) is 10.5 Å². The van der Waals surface area contributed by atoms with Crippen LogP contribution in [0, 0.1) is 3.57 Å². The average molecular weight is 662 g/mol. The number of amides is 4. The predicted molar refractivity (Wildman–Crippen MR) is 156 cm³/mol. The van der Waals surface area contributed by atoms with Crippen LogP contribution in [-0.2, 0) is 16.2 Å². The molecule has 4 amide bonds. The summed E-state index contributed by atoms with van der Waals surface area (Å²) >= 11 is 8.37. The maximum absolute atomic E-state index is 13.0. The van der Waals surface area contributed by atoms with Crippen molar-refractivity contribution in [3.8, 4) is 17.2 Å². The molecular formula is C28H25ClIN3O6. The van der Waals surface area contributed by atoms with Gasteiger partial charge in [0.25, 0.3) is 5.91 Å². The van der Waals surface area contributed by atoms with Gasteiger partial charge in [-0.3, -0.25) is 9.59 Å². The highest BCUT2D eigenvalue weighted by molar-refractivity contribution is 14.1. The van der Waals surface area contributed by atoms with Gasteiger partial charge in [-0.25, -0.2) is 9.69 Å². The summed E-state index contributed by atoms with van der Waals surface area (Å²) in [6, 6.07) is 17.1. The topological polar surface area (TPSA) is 106 Å². The van der Waals surface area contributed by atoms with Crippen LogP contribution in [0.3, 0.4) is 0 Å². The number of nitrogens with zero attached hydrogens (tertiary/aromatic N) is 1. The lowest BCUT2D eigenvalue weighted by atomic mass is 10.1. The first-order chi connectivity index (χ1) is 18.8. The molecule has 1 heterocycles. The Morgan fingerprint density at radius 3 is 2.56 bits per heavy atom. The summed E-state index contributed by atoms with van der Waals surface area (Å²) < 4.78 is 17.8. The number of hydrogen-bond acceptors (Lipinski definition) is 6. The predicted octanol–water partition coefficient (Wildman–Crippen LogP) is 5.46. The third-order valence-electron chi connectivity index (χ3n) is 5.62. The Kier molecular flexibility index (Phi) is 9.31. The highest BCUT2D eigenvalue weighted by Gasteiger charge is 2.35. The van der Waals surface area contributed by atoms with Gasteiger partial charge in [0.15, 0.2) is 11.5 Å². The van der Waals surface area contributed by atoms with Crippen LogP contribution in [0.15, 0.2) is 66.4 Å². The summed E-state index contributed by atoms with van der Waals surface area (Å²) in [5.74, 6) is 0.311. The Morgan fingerprint density at radius 1 is 1.08 bits per heavy atom. The van der Waals surface area contributed by atoms with Crippen LogP contribution in [-0.4, -0.2) is 43.0 Å². The van der Waals surface area contributed by atoms with E-state index in [-0.39, 0.29) is 12.3 Å². The number of methoxy groups -OCH3 is 1. The largest absolute Gasteiger partial charge is 0.495 e. The first kappa shape index (κ1) is 28.2. The fourth-order valence-electron chi connectivity index (χ4n) is 3.80. The van der Waals surface area contributed by atoms with E-state index in [4.69, 9.17) is 25.8 Å². The molecule has 3 aromatic carbocycles. The molecule has 0 aliphatic carbocycles. The number of anilines is 1. The Hall–Kier alpha value is -3.77. The molecule has 0 saturated carbocycles. The third kappa shape index (κ3) is 6.82. The highest BCUT2D eigenvalue weighted by atomic mass is 127. The van der Waals surface area contributed by atoms with Crippen molar-refractivity contribution in [3.05, 3.63) is 86.1 Å². The zero-order chi connectivity index (χ0) is 27.9. The molecule has 0 atom stereocenters. The first-order valence-electron chi connectivity index (χ1n) is 11.9. The smallest absolute Gasteiger partial charge is 0.329 e. The normalized spacial score (nSPS) is 13.8. The first-order valence-corrected chi connectivity index (χ1v) is 13.4. The molecule has 3 aromatic rings. The van der Waals surface area contributed by atoms with Gasteiger partial charge in [0.1, 0.15) is 24.6 Å². The van der Waals surface area contributed by atoms with Crippen molar-refractivity contribution < 1.29 is 28.6 Å². The molecule has 202 valence electrons. The molecule has 0 bridgehead atoms. The highest BCUT2D eigenvalue weighted by Crippen LogP contribution is 2.36. The number of carbonyl (C=O) groups excluding carboxylic acids is 3. The lowest BCUT2D eigenvalue weighted by Crippen LogP contribution is -2.38. The summed E-state index contributed by atoms with van der Waals surface area (Å²) in [7, 11) is 1.48. The molecule has 0 radical (unpaired) electrons. The van der Waals surface area contributed by atoms with E-state index in [0.717, 1.165) is 14.0 Å². The quantitative estimate of drug-likeness (QED) is 0.170. The summed E-state index contributed by atoms with van der Waals surface area (Å²) in [6.45, 7) is 2.03. The van der Waals surface area contributed by atoms with Gasteiger partial charge in [-0.05, 0) is 71.5 Å². The van der Waals surface area contributed by atoms with Crippen molar-refractivity contribution in [1.82, 2.24) is 10.2 Å². The van der Waals surface area contributed by atoms with Crippen molar-refractivity contribution in [2.75, 3.05) is 25.6 Å². The lowest BCUT2D eigenvalue weighted by molar-refractivity contribution is -0.127. The molecule has 0 aromatic heterocycles. The maximum atomic E-state index is 13.0. The van der Waals surface area contributed by atoms with Crippen molar-refractivity contribution >= 4 is 63.8 Å². The Morgan fingerprint density at radius 2 is 1.82 bits per heavy atom. The van der Waals surface area contributed by atoms with Crippen LogP contribution in [0.5, 0.6) is 17.2 Å². The minimum atomic E-state index is -0.694. The van der Waals surface area contributed by atoms with Crippen molar-refractivity contribution in [2.45, 2.75) is 13.5 Å². The second-order valence-electron chi connectivity index (χ2n) is 8.27. The van der Waals surface area contributed by atoms with Crippen LogP contribution in [0.2, 0.25) is 5.02 Å². The van der Waals surface area contributed by atoms with E-state index in [2.05, 4.69) is 33.2 Å². The standard InChI is InChI=1S/C28H25ClIN3O6/c1-3-38-24-14-17(12-20(30)26(24)39-16-18-8-4-5-9-19(18)29)13-22-27(35)33(28(36)32-22)15-25(34)31-21-10-6-7-11-23(21)37-2/h4-14H,3,15-16H2,1-2H3,(H,31,34)(H,32,36)/b22-13+. The molecule has 1 aliphatic heterocycles. The van der Waals surface area contributed by atoms with Gasteiger partial charge in [-0.15, -0.1) is 0 Å². The molecule has 9 nitrogen and oxygen atoms in total. The summed E-state index contributed by atoms with van der Waals surface area (Å²) in [5.41, 5.74) is 1.91. The minimum Gasteiger partial charge on any atom is -0.495 e. The Labute approximate surface area is 244 Å². The SMILES string of the molecule is CCOc1cc(/C=C2/NC(=O)N(CC(=O)Nc3ccccc3OC)C2=O)cc(I)c1OCc1ccccc1Cl. The van der Waals surface area contributed by atoms with E-state index < -0.39 is 24.4 Å². The molecular weight excluding hydrogens is 637 g/mol. The van der Waals surface area contributed by atoms with Crippen LogP contribution >= 0.6 is 34.2 Å². The zero-order valence-electron chi connectivity index (χ0n) is 21.1. The molecule has 11 heteroatoms. The average Bonchev–Trinajstić information content (AvgIpc) is 3.16. The van der Waals surface area contributed by atoms with E-state index in [1.54, 1.807) is 42.5 Å². The van der Waals surface area contributed by atoms with E-state index in [1.165, 1.54) is 13.2 Å². The second-order valence-corrected chi connectivity index (χ2v) is 9.84. The molecule has 1 fully saturated rings. The number of para-hydroxylation sites is 2. The van der Waals surface area contributed by atoms with Gasteiger partial charge in [-0.1, -0.05) is 41.9 Å². The Bertz CT molecular complexity index is 1440. The second kappa shape index (κ2) is 12.9. The molecule has 39 heavy (non-hydrogen) atoms. The van der Waals surface area contributed by atoms with Gasteiger partial charge >= 0.3 is 6.03 Å². The molecule has 1 saturated heterocycles. The van der Waals surface area contributed by atoms with Gasteiger partial charge in [0.05, 0.1) is 23.0 Å². The number of ether oxygens (including phenoxy) is 3. The molecule has 4 rings (SSSR count). The number of halogens is 2. The van der Waals surface area contributed by atoms with Crippen LogP contribution < -0.4 is 24.8 Å². The molecule has 1 aliphatic rings. The third-order valence-corrected chi connectivity index (χ3v) is 6.79. The lowest BCUT2D eigenvalue weighted by Gasteiger charge is -2.15. The molecule has 0 unspecified atom stereocenters. The van der Waals surface area contributed by atoms with Gasteiger partial charge in [-0.2, -0.15) is 0 Å². The van der Waals surface area contributed by atoms with Crippen molar-refractivity contribution in [3.63, 3.8) is 0 Å². The van der Waals surface area contributed by atoms with Crippen LogP contribution in [0.1, 0.15) is 18.1 Å². The maximum Gasteiger partial charge on any atom is 0.329 e. The monoisotopic (exact) mass is 661 g/mol. The number of imide groups is 1. The summed E-state index contributed by atoms with van der Waals surface area (Å²) in [4.78, 5) is 38.9. The molecule has 0 spiro atoms. The number of urea groups is 1. The number of benzene rings is 3. The van der Waals surface area contributed by atoms with E-state index >= 15 is 0 Å². The fourth-order valence-corrected chi connectivity index (χ4v) is 4.77. The van der Waals surface area contributed by atoms with E-state index in [0.29, 0.717) is 40.1 Å². The van der Waals surface area contributed by atoms with Crippen molar-refractivity contribution in [1.29, 1.82) is 0 Å². The van der Waals surface area contributed by atoms with E-state index in [9.17, 15) is 14.4 Å². The Balaban J connectivity index is 1.50. The van der Waals surface area contributed by atoms with Crippen LogP contribution in [0.25, 0.3) is 6.08 Å². The number of rotatable bonds is 10.